The summed E-state index contributed by atoms with van der Waals surface area (Å²) in [5.41, 5.74) is 1.28. The van der Waals surface area contributed by atoms with Gasteiger partial charge >= 0.3 is 0 Å². The van der Waals surface area contributed by atoms with E-state index in [1.165, 1.54) is 25.2 Å². The predicted octanol–water partition coefficient (Wildman–Crippen LogP) is 2.91. The number of carbonyl (C=O) groups is 2. The Morgan fingerprint density at radius 2 is 1.97 bits per heavy atom. The molecule has 1 aliphatic heterocycles. The maximum Gasteiger partial charge on any atom is 0.274 e. The molecule has 0 spiro atoms. The minimum atomic E-state index is -0.598. The Morgan fingerprint density at radius 1 is 1.21 bits per heavy atom. The lowest BCUT2D eigenvalue weighted by Crippen LogP contribution is -2.28. The van der Waals surface area contributed by atoms with E-state index in [1.807, 2.05) is 0 Å². The number of carbonyl (C=O) groups excluding carboxylic acids is 2. The number of nitrogens with one attached hydrogen (secondary N) is 1. The van der Waals surface area contributed by atoms with Gasteiger partial charge in [0.25, 0.3) is 5.69 Å². The third-order valence-corrected chi connectivity index (χ3v) is 4.86. The number of hydrogen-bond donors (Lipinski definition) is 1. The standard InChI is InChI=1S/C20H21N3O6/c1-12-4-5-14(9-17(12)23(26)27)22-11-13(8-19(22)24)20(25)21-16-10-15(28-2)6-7-18(16)29-3/h4-7,9-10,13H,8,11H2,1-3H3,(H,21,25)/t13-/m1/s1. The number of methoxy groups -OCH3 is 2. The summed E-state index contributed by atoms with van der Waals surface area (Å²) in [6, 6.07) is 9.61. The molecule has 0 aromatic heterocycles. The molecule has 0 unspecified atom stereocenters. The van der Waals surface area contributed by atoms with Gasteiger partial charge in [-0.1, -0.05) is 6.07 Å². The number of amides is 2. The van der Waals surface area contributed by atoms with Crippen LogP contribution in [0.5, 0.6) is 11.5 Å². The highest BCUT2D eigenvalue weighted by atomic mass is 16.6. The van der Waals surface area contributed by atoms with Crippen molar-refractivity contribution in [1.82, 2.24) is 0 Å². The molecule has 1 fully saturated rings. The van der Waals surface area contributed by atoms with Crippen LogP contribution >= 0.6 is 0 Å². The van der Waals surface area contributed by atoms with Crippen molar-refractivity contribution in [1.29, 1.82) is 0 Å². The Morgan fingerprint density at radius 3 is 2.62 bits per heavy atom. The van der Waals surface area contributed by atoms with Gasteiger partial charge in [-0.2, -0.15) is 0 Å². The van der Waals surface area contributed by atoms with Gasteiger partial charge in [0.2, 0.25) is 11.8 Å². The topological polar surface area (TPSA) is 111 Å². The lowest BCUT2D eigenvalue weighted by atomic mass is 10.1. The van der Waals surface area contributed by atoms with Gasteiger partial charge in [0.05, 0.1) is 36.4 Å². The van der Waals surface area contributed by atoms with Crippen LogP contribution in [0.3, 0.4) is 0 Å². The summed E-state index contributed by atoms with van der Waals surface area (Å²) in [5, 5.41) is 14.0. The molecule has 29 heavy (non-hydrogen) atoms. The molecule has 2 amide bonds. The SMILES string of the molecule is COc1ccc(OC)c(NC(=O)[C@@H]2CC(=O)N(c3ccc(C)c([N+](=O)[O-])c3)C2)c1. The first-order valence-electron chi connectivity index (χ1n) is 8.92. The average Bonchev–Trinajstić information content (AvgIpc) is 3.10. The zero-order chi connectivity index (χ0) is 21.1. The van der Waals surface area contributed by atoms with Gasteiger partial charge in [-0.3, -0.25) is 19.7 Å². The normalized spacial score (nSPS) is 15.9. The molecule has 0 radical (unpaired) electrons. The summed E-state index contributed by atoms with van der Waals surface area (Å²) >= 11 is 0. The van der Waals surface area contributed by atoms with E-state index in [1.54, 1.807) is 37.3 Å². The number of rotatable bonds is 6. The van der Waals surface area contributed by atoms with E-state index in [0.717, 1.165) is 0 Å². The number of nitrogens with zero attached hydrogens (tertiary/aromatic N) is 2. The number of nitro groups is 1. The number of anilines is 2. The van der Waals surface area contributed by atoms with Crippen molar-refractivity contribution in [3.05, 3.63) is 52.1 Å². The zero-order valence-electron chi connectivity index (χ0n) is 16.3. The second-order valence-corrected chi connectivity index (χ2v) is 6.69. The van der Waals surface area contributed by atoms with E-state index in [0.29, 0.717) is 28.4 Å². The summed E-state index contributed by atoms with van der Waals surface area (Å²) < 4.78 is 10.4. The summed E-state index contributed by atoms with van der Waals surface area (Å²) in [5.74, 6) is -0.180. The quantitative estimate of drug-likeness (QED) is 0.591. The van der Waals surface area contributed by atoms with Gasteiger partial charge in [-0.25, -0.2) is 0 Å². The Hall–Kier alpha value is -3.62. The Bertz CT molecular complexity index is 975. The van der Waals surface area contributed by atoms with E-state index >= 15 is 0 Å². The highest BCUT2D eigenvalue weighted by Gasteiger charge is 2.36. The lowest BCUT2D eigenvalue weighted by molar-refractivity contribution is -0.385. The van der Waals surface area contributed by atoms with E-state index in [-0.39, 0.29) is 30.5 Å². The third kappa shape index (κ3) is 4.13. The third-order valence-electron chi connectivity index (χ3n) is 4.86. The molecular formula is C20H21N3O6. The van der Waals surface area contributed by atoms with Crippen molar-refractivity contribution in [2.75, 3.05) is 31.0 Å². The average molecular weight is 399 g/mol. The van der Waals surface area contributed by atoms with Crippen molar-refractivity contribution in [2.24, 2.45) is 5.92 Å². The van der Waals surface area contributed by atoms with Gasteiger partial charge in [0.15, 0.2) is 0 Å². The number of ether oxygens (including phenoxy) is 2. The smallest absolute Gasteiger partial charge is 0.274 e. The molecule has 1 heterocycles. The monoisotopic (exact) mass is 399 g/mol. The van der Waals surface area contributed by atoms with Crippen LogP contribution in [0.15, 0.2) is 36.4 Å². The van der Waals surface area contributed by atoms with Crippen LogP contribution < -0.4 is 19.7 Å². The first-order chi connectivity index (χ1) is 13.8. The molecule has 152 valence electrons. The number of hydrogen-bond acceptors (Lipinski definition) is 6. The van der Waals surface area contributed by atoms with Crippen molar-refractivity contribution >= 4 is 28.9 Å². The molecule has 0 aliphatic carbocycles. The highest BCUT2D eigenvalue weighted by molar-refractivity contribution is 6.04. The van der Waals surface area contributed by atoms with Crippen molar-refractivity contribution in [2.45, 2.75) is 13.3 Å². The Balaban J connectivity index is 1.78. The van der Waals surface area contributed by atoms with Crippen LogP contribution in [0.2, 0.25) is 0 Å². The number of benzene rings is 2. The second kappa shape index (κ2) is 8.17. The molecule has 2 aromatic carbocycles. The second-order valence-electron chi connectivity index (χ2n) is 6.69. The fourth-order valence-electron chi connectivity index (χ4n) is 3.24. The predicted molar refractivity (Wildman–Crippen MR) is 106 cm³/mol. The minimum absolute atomic E-state index is 0.0137. The van der Waals surface area contributed by atoms with Gasteiger partial charge < -0.3 is 19.7 Å². The van der Waals surface area contributed by atoms with Crippen LogP contribution in [-0.2, 0) is 9.59 Å². The molecule has 2 aromatic rings. The van der Waals surface area contributed by atoms with Crippen molar-refractivity contribution in [3.8, 4) is 11.5 Å². The van der Waals surface area contributed by atoms with Crippen molar-refractivity contribution in [3.63, 3.8) is 0 Å². The van der Waals surface area contributed by atoms with E-state index < -0.39 is 10.8 Å². The molecule has 1 saturated heterocycles. The highest BCUT2D eigenvalue weighted by Crippen LogP contribution is 2.32. The molecule has 1 atom stereocenters. The van der Waals surface area contributed by atoms with E-state index in [9.17, 15) is 19.7 Å². The van der Waals surface area contributed by atoms with E-state index in [4.69, 9.17) is 9.47 Å². The van der Waals surface area contributed by atoms with Gasteiger partial charge in [-0.05, 0) is 25.1 Å². The molecule has 1 aliphatic rings. The van der Waals surface area contributed by atoms with Crippen molar-refractivity contribution < 1.29 is 24.0 Å². The summed E-state index contributed by atoms with van der Waals surface area (Å²) in [6.45, 7) is 1.77. The molecule has 0 bridgehead atoms. The summed E-state index contributed by atoms with van der Waals surface area (Å²) in [7, 11) is 3.00. The molecule has 1 N–H and O–H groups in total. The molecule has 3 rings (SSSR count). The van der Waals surface area contributed by atoms with Crippen LogP contribution in [0.25, 0.3) is 0 Å². The van der Waals surface area contributed by atoms with Gasteiger partial charge in [0, 0.05) is 30.7 Å². The van der Waals surface area contributed by atoms with Gasteiger partial charge in [-0.15, -0.1) is 0 Å². The molecule has 9 nitrogen and oxygen atoms in total. The summed E-state index contributed by atoms with van der Waals surface area (Å²) in [6.07, 6.45) is 0.0137. The molecule has 9 heteroatoms. The van der Waals surface area contributed by atoms with Crippen LogP contribution in [0, 0.1) is 23.0 Å². The summed E-state index contributed by atoms with van der Waals surface area (Å²) in [4.78, 5) is 37.3. The minimum Gasteiger partial charge on any atom is -0.497 e. The first kappa shape index (κ1) is 20.1. The molecular weight excluding hydrogens is 378 g/mol. The van der Waals surface area contributed by atoms with Crippen LogP contribution in [-0.4, -0.2) is 37.5 Å². The van der Waals surface area contributed by atoms with E-state index in [2.05, 4.69) is 5.32 Å². The lowest BCUT2D eigenvalue weighted by Gasteiger charge is -2.17. The molecule has 0 saturated carbocycles. The first-order valence-corrected chi connectivity index (χ1v) is 8.92. The van der Waals surface area contributed by atoms with Gasteiger partial charge in [0.1, 0.15) is 11.5 Å². The largest absolute Gasteiger partial charge is 0.497 e. The number of nitro benzene ring substituents is 1. The fraction of sp³-hybridized carbons (Fsp3) is 0.300. The van der Waals surface area contributed by atoms with Crippen LogP contribution in [0.1, 0.15) is 12.0 Å². The number of aryl methyl sites for hydroxylation is 1. The maximum absolute atomic E-state index is 12.7. The Kier molecular flexibility index (Phi) is 5.67. The zero-order valence-corrected chi connectivity index (χ0v) is 16.3. The fourth-order valence-corrected chi connectivity index (χ4v) is 3.24. The Labute approximate surface area is 167 Å². The van der Waals surface area contributed by atoms with Crippen LogP contribution in [0.4, 0.5) is 17.1 Å². The maximum atomic E-state index is 12.7.